The molecule has 7 heteroatoms. The molecule has 0 radical (unpaired) electrons. The lowest BCUT2D eigenvalue weighted by molar-refractivity contribution is -0.122. The number of amides is 1. The molecular formula is C27H24BrNO3S2. The first-order valence-corrected chi connectivity index (χ1v) is 12.8. The Balaban J connectivity index is 1.45. The fraction of sp³-hybridized carbons (Fsp3) is 0.185. The van der Waals surface area contributed by atoms with E-state index >= 15 is 0 Å². The third kappa shape index (κ3) is 5.90. The predicted molar refractivity (Wildman–Crippen MR) is 146 cm³/mol. The Kier molecular flexibility index (Phi) is 8.08. The van der Waals surface area contributed by atoms with Crippen LogP contribution in [-0.2, 0) is 11.3 Å². The first-order chi connectivity index (χ1) is 16.4. The number of hydrogen-bond donors (Lipinski definition) is 0. The molecule has 4 nitrogen and oxygen atoms in total. The van der Waals surface area contributed by atoms with Crippen molar-refractivity contribution in [3.63, 3.8) is 0 Å². The number of nitrogens with zero attached hydrogens (tertiary/aromatic N) is 1. The first-order valence-electron chi connectivity index (χ1n) is 10.8. The molecule has 0 atom stereocenters. The zero-order valence-corrected chi connectivity index (χ0v) is 22.1. The van der Waals surface area contributed by atoms with Crippen molar-refractivity contribution >= 4 is 56.2 Å². The monoisotopic (exact) mass is 553 g/mol. The third-order valence-electron chi connectivity index (χ3n) is 5.31. The molecule has 1 heterocycles. The molecule has 1 saturated heterocycles. The Bertz CT molecular complexity index is 1220. The summed E-state index contributed by atoms with van der Waals surface area (Å²) >= 11 is 10.3. The van der Waals surface area contributed by atoms with Gasteiger partial charge in [0.2, 0.25) is 0 Å². The van der Waals surface area contributed by atoms with Crippen molar-refractivity contribution in [3.05, 3.63) is 98.4 Å². The van der Waals surface area contributed by atoms with Gasteiger partial charge in [0, 0.05) is 10.0 Å². The van der Waals surface area contributed by atoms with Crippen molar-refractivity contribution in [2.75, 3.05) is 13.2 Å². The van der Waals surface area contributed by atoms with Gasteiger partial charge in [0.1, 0.15) is 29.0 Å². The van der Waals surface area contributed by atoms with Gasteiger partial charge in [0.15, 0.2) is 0 Å². The quantitative estimate of drug-likeness (QED) is 0.172. The summed E-state index contributed by atoms with van der Waals surface area (Å²) in [6, 6.07) is 21.7. The number of thioether (sulfide) groups is 1. The molecule has 0 spiro atoms. The van der Waals surface area contributed by atoms with Crippen LogP contribution in [0.15, 0.2) is 76.1 Å². The Morgan fingerprint density at radius 3 is 2.41 bits per heavy atom. The number of hydrogen-bond acceptors (Lipinski definition) is 5. The maximum atomic E-state index is 13.1. The minimum atomic E-state index is -0.0943. The van der Waals surface area contributed by atoms with Crippen LogP contribution in [0.25, 0.3) is 6.08 Å². The molecule has 3 aromatic rings. The van der Waals surface area contributed by atoms with E-state index in [9.17, 15) is 4.79 Å². The zero-order valence-electron chi connectivity index (χ0n) is 18.9. The summed E-state index contributed by atoms with van der Waals surface area (Å²) in [6.07, 6.45) is 1.84. The van der Waals surface area contributed by atoms with Gasteiger partial charge in [-0.1, -0.05) is 88.4 Å². The van der Waals surface area contributed by atoms with Gasteiger partial charge in [-0.2, -0.15) is 0 Å². The Morgan fingerprint density at radius 1 is 0.971 bits per heavy atom. The molecule has 4 rings (SSSR count). The molecule has 0 saturated carbocycles. The average molecular weight is 555 g/mol. The molecule has 0 bridgehead atoms. The Morgan fingerprint density at radius 2 is 1.68 bits per heavy atom. The highest BCUT2D eigenvalue weighted by Crippen LogP contribution is 2.36. The predicted octanol–water partition coefficient (Wildman–Crippen LogP) is 6.93. The lowest BCUT2D eigenvalue weighted by atomic mass is 10.1. The van der Waals surface area contributed by atoms with Gasteiger partial charge in [0.25, 0.3) is 5.91 Å². The van der Waals surface area contributed by atoms with Crippen LogP contribution in [-0.4, -0.2) is 28.3 Å². The average Bonchev–Trinajstić information content (AvgIpc) is 3.07. The SMILES string of the molecule is Cc1cccc(C)c1OCCOc1ccc(Br)cc1/C=C1\SC(=S)N(Cc2ccccc2)C1=O. The van der Waals surface area contributed by atoms with Crippen molar-refractivity contribution in [2.24, 2.45) is 0 Å². The van der Waals surface area contributed by atoms with Gasteiger partial charge in [-0.25, -0.2) is 0 Å². The van der Waals surface area contributed by atoms with Crippen LogP contribution in [0, 0.1) is 13.8 Å². The minimum absolute atomic E-state index is 0.0943. The Labute approximate surface area is 218 Å². The molecular weight excluding hydrogens is 530 g/mol. The summed E-state index contributed by atoms with van der Waals surface area (Å²) in [5.41, 5.74) is 4.04. The van der Waals surface area contributed by atoms with Gasteiger partial charge < -0.3 is 9.47 Å². The first kappa shape index (κ1) is 24.5. The molecule has 1 aliphatic rings. The summed E-state index contributed by atoms with van der Waals surface area (Å²) in [7, 11) is 0. The number of aryl methyl sites for hydroxylation is 2. The van der Waals surface area contributed by atoms with E-state index in [2.05, 4.69) is 15.9 Å². The number of carbonyl (C=O) groups is 1. The second-order valence-electron chi connectivity index (χ2n) is 7.85. The minimum Gasteiger partial charge on any atom is -0.489 e. The van der Waals surface area contributed by atoms with Crippen LogP contribution < -0.4 is 9.47 Å². The van der Waals surface area contributed by atoms with Crippen LogP contribution in [0.3, 0.4) is 0 Å². The second-order valence-corrected chi connectivity index (χ2v) is 10.4. The number of thiocarbonyl (C=S) groups is 1. The summed E-state index contributed by atoms with van der Waals surface area (Å²) in [4.78, 5) is 15.3. The third-order valence-corrected chi connectivity index (χ3v) is 7.18. The number of ether oxygens (including phenoxy) is 2. The standard InChI is InChI=1S/C27H24BrNO3S2/c1-18-7-6-8-19(2)25(18)32-14-13-31-23-12-11-22(28)15-21(23)16-24-26(30)29(27(33)34-24)17-20-9-4-3-5-10-20/h3-12,15-16H,13-14,17H2,1-2H3/b24-16-. The molecule has 1 aliphatic heterocycles. The van der Waals surface area contributed by atoms with Crippen LogP contribution >= 0.6 is 39.9 Å². The normalized spacial score (nSPS) is 14.7. The molecule has 0 aromatic heterocycles. The summed E-state index contributed by atoms with van der Waals surface area (Å²) in [6.45, 7) is 5.32. The lowest BCUT2D eigenvalue weighted by Crippen LogP contribution is -2.27. The van der Waals surface area contributed by atoms with E-state index in [4.69, 9.17) is 21.7 Å². The van der Waals surface area contributed by atoms with E-state index in [1.807, 2.05) is 86.7 Å². The van der Waals surface area contributed by atoms with Gasteiger partial charge in [-0.3, -0.25) is 9.69 Å². The fourth-order valence-electron chi connectivity index (χ4n) is 3.63. The van der Waals surface area contributed by atoms with Gasteiger partial charge in [-0.15, -0.1) is 0 Å². The van der Waals surface area contributed by atoms with Crippen LogP contribution in [0.1, 0.15) is 22.3 Å². The molecule has 1 fully saturated rings. The highest BCUT2D eigenvalue weighted by molar-refractivity contribution is 9.10. The van der Waals surface area contributed by atoms with E-state index in [0.717, 1.165) is 32.5 Å². The summed E-state index contributed by atoms with van der Waals surface area (Å²) in [5.74, 6) is 1.48. The lowest BCUT2D eigenvalue weighted by Gasteiger charge is -2.14. The van der Waals surface area contributed by atoms with Crippen molar-refractivity contribution in [2.45, 2.75) is 20.4 Å². The number of benzene rings is 3. The maximum absolute atomic E-state index is 13.1. The summed E-state index contributed by atoms with van der Waals surface area (Å²) < 4.78 is 13.4. The van der Waals surface area contributed by atoms with Crippen molar-refractivity contribution in [1.82, 2.24) is 4.90 Å². The fourth-order valence-corrected chi connectivity index (χ4v) is 5.25. The second kappa shape index (κ2) is 11.2. The van der Waals surface area contributed by atoms with Crippen LogP contribution in [0.5, 0.6) is 11.5 Å². The molecule has 1 amide bonds. The topological polar surface area (TPSA) is 38.8 Å². The van der Waals surface area contributed by atoms with Gasteiger partial charge >= 0.3 is 0 Å². The number of halogens is 1. The number of rotatable bonds is 8. The summed E-state index contributed by atoms with van der Waals surface area (Å²) in [5, 5.41) is 0. The molecule has 174 valence electrons. The number of carbonyl (C=O) groups excluding carboxylic acids is 1. The largest absolute Gasteiger partial charge is 0.489 e. The molecule has 0 aliphatic carbocycles. The Hall–Kier alpha value is -2.61. The maximum Gasteiger partial charge on any atom is 0.266 e. The van der Waals surface area contributed by atoms with Crippen LogP contribution in [0.2, 0.25) is 0 Å². The zero-order chi connectivity index (χ0) is 24.1. The van der Waals surface area contributed by atoms with Crippen LogP contribution in [0.4, 0.5) is 0 Å². The van der Waals surface area contributed by atoms with Gasteiger partial charge in [-0.05, 0) is 54.8 Å². The van der Waals surface area contributed by atoms with E-state index in [1.165, 1.54) is 11.8 Å². The highest BCUT2D eigenvalue weighted by Gasteiger charge is 2.32. The highest BCUT2D eigenvalue weighted by atomic mass is 79.9. The van der Waals surface area contributed by atoms with E-state index in [-0.39, 0.29) is 5.91 Å². The van der Waals surface area contributed by atoms with E-state index in [0.29, 0.717) is 34.7 Å². The molecule has 3 aromatic carbocycles. The van der Waals surface area contributed by atoms with Crippen molar-refractivity contribution in [1.29, 1.82) is 0 Å². The van der Waals surface area contributed by atoms with Crippen molar-refractivity contribution < 1.29 is 14.3 Å². The number of para-hydroxylation sites is 1. The van der Waals surface area contributed by atoms with E-state index in [1.54, 1.807) is 4.90 Å². The van der Waals surface area contributed by atoms with Crippen molar-refractivity contribution in [3.8, 4) is 11.5 Å². The molecule has 0 unspecified atom stereocenters. The smallest absolute Gasteiger partial charge is 0.266 e. The van der Waals surface area contributed by atoms with Gasteiger partial charge in [0.05, 0.1) is 11.4 Å². The van der Waals surface area contributed by atoms with E-state index < -0.39 is 0 Å². The molecule has 0 N–H and O–H groups in total. The molecule has 34 heavy (non-hydrogen) atoms.